The van der Waals surface area contributed by atoms with Gasteiger partial charge in [0.25, 0.3) is 0 Å². The maximum absolute atomic E-state index is 9.51. The Hall–Kier alpha value is -1.22. The summed E-state index contributed by atoms with van der Waals surface area (Å²) in [4.78, 5) is 0. The molecular formula is C13H13BrO2. The molecule has 0 atom stereocenters. The highest BCUT2D eigenvalue weighted by Crippen LogP contribution is 2.32. The van der Waals surface area contributed by atoms with Crippen LogP contribution in [-0.2, 0) is 0 Å². The molecule has 0 unspecified atom stereocenters. The molecule has 2 nitrogen and oxygen atoms in total. The summed E-state index contributed by atoms with van der Waals surface area (Å²) in [5.74, 6) is 1.09. The van der Waals surface area contributed by atoms with Crippen LogP contribution in [0.4, 0.5) is 0 Å². The molecule has 1 aromatic carbocycles. The van der Waals surface area contributed by atoms with E-state index in [0.29, 0.717) is 6.61 Å². The molecule has 1 aromatic rings. The van der Waals surface area contributed by atoms with E-state index in [1.807, 2.05) is 12.2 Å². The third-order valence-corrected chi connectivity index (χ3v) is 2.84. The van der Waals surface area contributed by atoms with Gasteiger partial charge in [0.05, 0.1) is 0 Å². The first-order chi connectivity index (χ1) is 7.81. The Morgan fingerprint density at radius 3 is 3.12 bits per heavy atom. The highest BCUT2D eigenvalue weighted by atomic mass is 79.9. The van der Waals surface area contributed by atoms with Crippen LogP contribution in [-0.4, -0.2) is 17.0 Å². The summed E-state index contributed by atoms with van der Waals surface area (Å²) in [7, 11) is 0. The van der Waals surface area contributed by atoms with Crippen LogP contribution in [0.5, 0.6) is 11.5 Å². The van der Waals surface area contributed by atoms with Crippen LogP contribution in [0, 0.1) is 0 Å². The van der Waals surface area contributed by atoms with Gasteiger partial charge in [-0.25, -0.2) is 0 Å². The van der Waals surface area contributed by atoms with Crippen molar-refractivity contribution in [2.75, 3.05) is 11.9 Å². The topological polar surface area (TPSA) is 29.5 Å². The fraction of sp³-hybridized carbons (Fsp3) is 0.231. The number of halogens is 1. The zero-order valence-electron chi connectivity index (χ0n) is 8.82. The van der Waals surface area contributed by atoms with Crippen molar-refractivity contribution in [2.45, 2.75) is 6.42 Å². The Morgan fingerprint density at radius 1 is 1.44 bits per heavy atom. The van der Waals surface area contributed by atoms with Crippen LogP contribution < -0.4 is 4.74 Å². The fourth-order valence-electron chi connectivity index (χ4n) is 1.66. The van der Waals surface area contributed by atoms with Gasteiger partial charge in [-0.2, -0.15) is 0 Å². The van der Waals surface area contributed by atoms with E-state index in [9.17, 15) is 5.11 Å². The van der Waals surface area contributed by atoms with Gasteiger partial charge >= 0.3 is 0 Å². The lowest BCUT2D eigenvalue weighted by atomic mass is 10.0. The molecule has 1 N–H and O–H groups in total. The molecule has 1 heterocycles. The third kappa shape index (κ3) is 2.47. The first kappa shape index (κ1) is 11.3. The maximum atomic E-state index is 9.51. The predicted molar refractivity (Wildman–Crippen MR) is 69.1 cm³/mol. The van der Waals surface area contributed by atoms with Crippen LogP contribution in [0.25, 0.3) is 5.57 Å². The van der Waals surface area contributed by atoms with E-state index in [-0.39, 0.29) is 5.75 Å². The van der Waals surface area contributed by atoms with Crippen molar-refractivity contribution in [3.63, 3.8) is 0 Å². The molecule has 0 radical (unpaired) electrons. The molecule has 0 spiro atoms. The van der Waals surface area contributed by atoms with Crippen LogP contribution in [0.2, 0.25) is 0 Å². The molecule has 16 heavy (non-hydrogen) atoms. The molecule has 0 aromatic heterocycles. The summed E-state index contributed by atoms with van der Waals surface area (Å²) in [6.07, 6.45) is 7.11. The number of phenolic OH excluding ortho intramolecular Hbond substituents is 1. The molecule has 0 bridgehead atoms. The number of rotatable bonds is 2. The number of aromatic hydroxyl groups is 1. The van der Waals surface area contributed by atoms with Crippen LogP contribution in [0.15, 0.2) is 36.4 Å². The van der Waals surface area contributed by atoms with Crippen LogP contribution >= 0.6 is 15.9 Å². The minimum atomic E-state index is 0.266. The second-order valence-corrected chi connectivity index (χ2v) is 4.32. The summed E-state index contributed by atoms with van der Waals surface area (Å²) in [5, 5.41) is 10.4. The number of allylic oxidation sites excluding steroid dienone is 3. The average molecular weight is 281 g/mol. The van der Waals surface area contributed by atoms with E-state index in [0.717, 1.165) is 28.6 Å². The summed E-state index contributed by atoms with van der Waals surface area (Å²) < 4.78 is 5.56. The lowest BCUT2D eigenvalue weighted by molar-refractivity contribution is 0.362. The van der Waals surface area contributed by atoms with Crippen molar-refractivity contribution in [2.24, 2.45) is 0 Å². The van der Waals surface area contributed by atoms with E-state index in [1.54, 1.807) is 18.2 Å². The zero-order valence-corrected chi connectivity index (χ0v) is 10.4. The Labute approximate surface area is 103 Å². The predicted octanol–water partition coefficient (Wildman–Crippen LogP) is 3.51. The van der Waals surface area contributed by atoms with Gasteiger partial charge in [-0.3, -0.25) is 0 Å². The van der Waals surface area contributed by atoms with Gasteiger partial charge in [0.2, 0.25) is 0 Å². The second kappa shape index (κ2) is 5.21. The van der Waals surface area contributed by atoms with Gasteiger partial charge in [0.1, 0.15) is 18.1 Å². The van der Waals surface area contributed by atoms with Gasteiger partial charge in [-0.15, -0.1) is 0 Å². The molecule has 0 saturated carbocycles. The minimum Gasteiger partial charge on any atom is -0.508 e. The SMILES string of the molecule is Oc1ccc2c(c1)C(=CCCBr)C=CCO2. The van der Waals surface area contributed by atoms with E-state index in [1.165, 1.54) is 0 Å². The van der Waals surface area contributed by atoms with Crippen molar-refractivity contribution in [1.82, 2.24) is 0 Å². The number of ether oxygens (including phenoxy) is 1. The average Bonchev–Trinajstić information content (AvgIpc) is 2.48. The lowest BCUT2D eigenvalue weighted by Crippen LogP contribution is -1.93. The maximum Gasteiger partial charge on any atom is 0.127 e. The molecular weight excluding hydrogens is 268 g/mol. The van der Waals surface area contributed by atoms with Crippen molar-refractivity contribution in [1.29, 1.82) is 0 Å². The molecule has 3 heteroatoms. The smallest absolute Gasteiger partial charge is 0.127 e. The quantitative estimate of drug-likeness (QED) is 0.841. The number of hydrogen-bond acceptors (Lipinski definition) is 2. The summed E-state index contributed by atoms with van der Waals surface area (Å²) in [5.41, 5.74) is 2.05. The van der Waals surface area contributed by atoms with E-state index >= 15 is 0 Å². The van der Waals surface area contributed by atoms with Crippen LogP contribution in [0.1, 0.15) is 12.0 Å². The summed E-state index contributed by atoms with van der Waals surface area (Å²) in [6.45, 7) is 0.573. The number of alkyl halides is 1. The monoisotopic (exact) mass is 280 g/mol. The molecule has 0 amide bonds. The molecule has 0 aliphatic carbocycles. The van der Waals surface area contributed by atoms with Crippen molar-refractivity contribution in [3.05, 3.63) is 42.0 Å². The standard InChI is InChI=1S/C13H13BrO2/c14-7-1-3-10-4-2-8-16-13-6-5-11(15)9-12(10)13/h2-6,9,15H,1,7-8H2. The van der Waals surface area contributed by atoms with Crippen molar-refractivity contribution >= 4 is 21.5 Å². The van der Waals surface area contributed by atoms with E-state index < -0.39 is 0 Å². The van der Waals surface area contributed by atoms with Crippen molar-refractivity contribution < 1.29 is 9.84 Å². The highest BCUT2D eigenvalue weighted by Gasteiger charge is 2.10. The fourth-order valence-corrected chi connectivity index (χ4v) is 1.89. The first-order valence-corrected chi connectivity index (χ1v) is 6.32. The molecule has 1 aliphatic rings. The number of phenols is 1. The largest absolute Gasteiger partial charge is 0.508 e. The van der Waals surface area contributed by atoms with Gasteiger partial charge in [0.15, 0.2) is 0 Å². The molecule has 0 saturated heterocycles. The van der Waals surface area contributed by atoms with Crippen LogP contribution in [0.3, 0.4) is 0 Å². The lowest BCUT2D eigenvalue weighted by Gasteiger charge is -2.08. The van der Waals surface area contributed by atoms with Gasteiger partial charge in [0, 0.05) is 10.9 Å². The minimum absolute atomic E-state index is 0.266. The third-order valence-electron chi connectivity index (χ3n) is 2.38. The number of fused-ring (bicyclic) bond motifs is 1. The Kier molecular flexibility index (Phi) is 3.67. The van der Waals surface area contributed by atoms with Gasteiger partial charge in [-0.1, -0.05) is 28.1 Å². The molecule has 1 aliphatic heterocycles. The van der Waals surface area contributed by atoms with Gasteiger partial charge in [-0.05, 0) is 36.3 Å². The summed E-state index contributed by atoms with van der Waals surface area (Å²) >= 11 is 3.40. The number of benzene rings is 1. The Balaban J connectivity index is 2.44. The zero-order chi connectivity index (χ0) is 11.4. The molecule has 84 valence electrons. The van der Waals surface area contributed by atoms with E-state index in [2.05, 4.69) is 22.0 Å². The molecule has 0 fully saturated rings. The molecule has 2 rings (SSSR count). The van der Waals surface area contributed by atoms with Crippen molar-refractivity contribution in [3.8, 4) is 11.5 Å². The summed E-state index contributed by atoms with van der Waals surface area (Å²) in [6, 6.07) is 5.19. The second-order valence-electron chi connectivity index (χ2n) is 3.53. The normalized spacial score (nSPS) is 16.7. The first-order valence-electron chi connectivity index (χ1n) is 5.20. The van der Waals surface area contributed by atoms with E-state index in [4.69, 9.17) is 4.74 Å². The highest BCUT2D eigenvalue weighted by molar-refractivity contribution is 9.09. The van der Waals surface area contributed by atoms with Gasteiger partial charge < -0.3 is 9.84 Å². The number of hydrogen-bond donors (Lipinski definition) is 1. The Bertz CT molecular complexity index is 436. The Morgan fingerprint density at radius 2 is 2.31 bits per heavy atom.